The van der Waals surface area contributed by atoms with Gasteiger partial charge in [-0.2, -0.15) is 13.2 Å². The number of halogens is 4. The molecule has 3 nitrogen and oxygen atoms in total. The maximum Gasteiger partial charge on any atom is 0.391 e. The molecule has 0 bridgehead atoms. The number of hydrogen-bond acceptors (Lipinski definition) is 2. The van der Waals surface area contributed by atoms with Gasteiger partial charge in [-0.3, -0.25) is 4.79 Å². The van der Waals surface area contributed by atoms with Gasteiger partial charge in [-0.05, 0) is 32.1 Å². The Kier molecular flexibility index (Phi) is 6.99. The number of carbonyl (C=O) groups excluding carboxylic acids is 1. The fraction of sp³-hybridized carbons (Fsp3) is 0.933. The van der Waals surface area contributed by atoms with Gasteiger partial charge >= 0.3 is 6.18 Å². The van der Waals surface area contributed by atoms with Gasteiger partial charge in [-0.25, -0.2) is 0 Å². The van der Waals surface area contributed by atoms with Crippen molar-refractivity contribution in [3.8, 4) is 0 Å². The molecule has 3 N–H and O–H groups in total. The predicted molar refractivity (Wildman–Crippen MR) is 81.8 cm³/mol. The first-order chi connectivity index (χ1) is 9.80. The van der Waals surface area contributed by atoms with Crippen molar-refractivity contribution in [3.63, 3.8) is 0 Å². The minimum absolute atomic E-state index is 0. The van der Waals surface area contributed by atoms with Gasteiger partial charge in [0, 0.05) is 18.0 Å². The predicted octanol–water partition coefficient (Wildman–Crippen LogP) is 3.55. The fourth-order valence-corrected chi connectivity index (χ4v) is 3.57. The Morgan fingerprint density at radius 3 is 2.36 bits per heavy atom. The molecule has 2 aliphatic carbocycles. The van der Waals surface area contributed by atoms with Gasteiger partial charge in [-0.1, -0.05) is 25.7 Å². The number of amides is 1. The second kappa shape index (κ2) is 7.86. The van der Waals surface area contributed by atoms with Crippen molar-refractivity contribution in [2.24, 2.45) is 17.6 Å². The highest BCUT2D eigenvalue weighted by Crippen LogP contribution is 2.40. The van der Waals surface area contributed by atoms with Crippen LogP contribution < -0.4 is 11.1 Å². The third kappa shape index (κ3) is 5.30. The van der Waals surface area contributed by atoms with Crippen LogP contribution in [-0.2, 0) is 4.79 Å². The molecule has 0 aliphatic heterocycles. The molecule has 0 heterocycles. The van der Waals surface area contributed by atoms with E-state index in [1.165, 1.54) is 6.42 Å². The Hall–Kier alpha value is -0.490. The summed E-state index contributed by atoms with van der Waals surface area (Å²) in [6, 6.07) is 0. The van der Waals surface area contributed by atoms with Crippen LogP contribution in [0.5, 0.6) is 0 Å². The van der Waals surface area contributed by atoms with Crippen LogP contribution in [0, 0.1) is 11.8 Å². The second-order valence-electron chi connectivity index (χ2n) is 6.74. The smallest absolute Gasteiger partial charge is 0.354 e. The van der Waals surface area contributed by atoms with Crippen molar-refractivity contribution in [3.05, 3.63) is 0 Å². The van der Waals surface area contributed by atoms with Crippen LogP contribution in [-0.4, -0.2) is 24.2 Å². The number of rotatable bonds is 3. The average Bonchev–Trinajstić information content (AvgIpc) is 2.45. The summed E-state index contributed by atoms with van der Waals surface area (Å²) < 4.78 is 38.3. The molecule has 130 valence electrons. The van der Waals surface area contributed by atoms with E-state index < -0.39 is 18.0 Å². The van der Waals surface area contributed by atoms with Gasteiger partial charge in [0.05, 0.1) is 5.92 Å². The van der Waals surface area contributed by atoms with Crippen LogP contribution in [0.15, 0.2) is 0 Å². The van der Waals surface area contributed by atoms with Gasteiger partial charge in [0.1, 0.15) is 0 Å². The third-order valence-corrected chi connectivity index (χ3v) is 4.97. The number of carbonyl (C=O) groups is 1. The van der Waals surface area contributed by atoms with E-state index >= 15 is 0 Å². The van der Waals surface area contributed by atoms with E-state index in [0.29, 0.717) is 19.4 Å². The number of nitrogens with one attached hydrogen (secondary N) is 1. The number of hydrogen-bond donors (Lipinski definition) is 2. The lowest BCUT2D eigenvalue weighted by molar-refractivity contribution is -0.186. The molecule has 2 fully saturated rings. The largest absolute Gasteiger partial charge is 0.391 e. The molecule has 7 heteroatoms. The molecule has 1 amide bonds. The van der Waals surface area contributed by atoms with Crippen LogP contribution in [0.25, 0.3) is 0 Å². The summed E-state index contributed by atoms with van der Waals surface area (Å²) in [6.07, 6.45) is 1.96. The van der Waals surface area contributed by atoms with Crippen LogP contribution >= 0.6 is 12.4 Å². The highest BCUT2D eigenvalue weighted by Gasteiger charge is 2.43. The molecule has 0 spiro atoms. The van der Waals surface area contributed by atoms with Gasteiger partial charge < -0.3 is 11.1 Å². The topological polar surface area (TPSA) is 55.1 Å². The molecule has 0 radical (unpaired) electrons. The summed E-state index contributed by atoms with van der Waals surface area (Å²) in [5.41, 5.74) is 5.87. The number of alkyl halides is 3. The molecule has 2 saturated carbocycles. The summed E-state index contributed by atoms with van der Waals surface area (Å²) in [6.45, 7) is 0.388. The maximum absolute atomic E-state index is 12.8. The van der Waals surface area contributed by atoms with E-state index in [4.69, 9.17) is 5.73 Å². The lowest BCUT2D eigenvalue weighted by Crippen LogP contribution is -2.52. The summed E-state index contributed by atoms with van der Waals surface area (Å²) in [5, 5.41) is 2.80. The lowest BCUT2D eigenvalue weighted by atomic mass is 9.80. The van der Waals surface area contributed by atoms with Crippen molar-refractivity contribution < 1.29 is 18.0 Å². The summed E-state index contributed by atoms with van der Waals surface area (Å²) >= 11 is 0. The van der Waals surface area contributed by atoms with Crippen molar-refractivity contribution in [2.75, 3.05) is 6.54 Å². The molecule has 0 aromatic rings. The number of nitrogens with two attached hydrogens (primary N) is 1. The van der Waals surface area contributed by atoms with Crippen molar-refractivity contribution in [2.45, 2.75) is 69.5 Å². The highest BCUT2D eigenvalue weighted by atomic mass is 35.5. The SMILES string of the molecule is Cl.NC1(CNC(=O)C2CCCC(C(F)(F)F)C2)CCCCC1. The van der Waals surface area contributed by atoms with E-state index in [9.17, 15) is 18.0 Å². The van der Waals surface area contributed by atoms with Crippen molar-refractivity contribution in [1.82, 2.24) is 5.32 Å². The van der Waals surface area contributed by atoms with Crippen molar-refractivity contribution in [1.29, 1.82) is 0 Å². The monoisotopic (exact) mass is 342 g/mol. The minimum atomic E-state index is -4.18. The molecule has 2 rings (SSSR count). The zero-order valence-electron chi connectivity index (χ0n) is 12.8. The fourth-order valence-electron chi connectivity index (χ4n) is 3.57. The zero-order valence-corrected chi connectivity index (χ0v) is 13.6. The normalized spacial score (nSPS) is 28.5. The molecule has 2 aliphatic rings. The Morgan fingerprint density at radius 2 is 1.77 bits per heavy atom. The summed E-state index contributed by atoms with van der Waals surface area (Å²) in [5.74, 6) is -2.10. The molecule has 2 unspecified atom stereocenters. The second-order valence-corrected chi connectivity index (χ2v) is 6.74. The molecule has 0 saturated heterocycles. The van der Waals surface area contributed by atoms with Gasteiger partial charge in [0.15, 0.2) is 0 Å². The first-order valence-electron chi connectivity index (χ1n) is 7.93. The molecule has 22 heavy (non-hydrogen) atoms. The standard InChI is InChI=1S/C15H25F3N2O.ClH/c16-15(17,18)12-6-4-5-11(9-12)13(21)20-10-14(19)7-2-1-3-8-14;/h11-12H,1-10,19H2,(H,20,21);1H. The van der Waals surface area contributed by atoms with E-state index in [2.05, 4.69) is 5.32 Å². The molecular weight excluding hydrogens is 317 g/mol. The van der Waals surface area contributed by atoms with Crippen LogP contribution in [0.3, 0.4) is 0 Å². The van der Waals surface area contributed by atoms with Crippen molar-refractivity contribution >= 4 is 18.3 Å². The Labute approximate surface area is 136 Å². The van der Waals surface area contributed by atoms with Crippen LogP contribution in [0.1, 0.15) is 57.8 Å². The van der Waals surface area contributed by atoms with Gasteiger partial charge in [0.25, 0.3) is 0 Å². The first kappa shape index (κ1) is 19.6. The van der Waals surface area contributed by atoms with E-state index in [1.807, 2.05) is 0 Å². The molecule has 0 aromatic carbocycles. The Balaban J connectivity index is 0.00000242. The third-order valence-electron chi connectivity index (χ3n) is 4.97. The lowest BCUT2D eigenvalue weighted by Gasteiger charge is -2.35. The first-order valence-corrected chi connectivity index (χ1v) is 7.93. The minimum Gasteiger partial charge on any atom is -0.354 e. The highest BCUT2D eigenvalue weighted by molar-refractivity contribution is 5.85. The van der Waals surface area contributed by atoms with E-state index in [0.717, 1.165) is 25.7 Å². The Morgan fingerprint density at radius 1 is 1.14 bits per heavy atom. The van der Waals surface area contributed by atoms with Crippen LogP contribution in [0.4, 0.5) is 13.2 Å². The quantitative estimate of drug-likeness (QED) is 0.824. The molecule has 2 atom stereocenters. The average molecular weight is 343 g/mol. The zero-order chi connectivity index (χ0) is 15.5. The van der Waals surface area contributed by atoms with Gasteiger partial charge in [0.2, 0.25) is 5.91 Å². The molecular formula is C15H26ClF3N2O. The van der Waals surface area contributed by atoms with E-state index in [1.54, 1.807) is 0 Å². The van der Waals surface area contributed by atoms with Gasteiger partial charge in [-0.15, -0.1) is 12.4 Å². The summed E-state index contributed by atoms with van der Waals surface area (Å²) in [4.78, 5) is 12.1. The van der Waals surface area contributed by atoms with Crippen LogP contribution in [0.2, 0.25) is 0 Å². The van der Waals surface area contributed by atoms with E-state index in [-0.39, 0.29) is 36.7 Å². The molecule has 0 aromatic heterocycles. The maximum atomic E-state index is 12.8. The Bertz CT molecular complexity index is 370. The summed E-state index contributed by atoms with van der Waals surface area (Å²) in [7, 11) is 0.